The third-order valence-corrected chi connectivity index (χ3v) is 3.03. The van der Waals surface area contributed by atoms with E-state index in [1.807, 2.05) is 0 Å². The molecule has 1 atom stereocenters. The molecule has 0 radical (unpaired) electrons. The normalized spacial score (nSPS) is 12.0. The number of amides is 1. The van der Waals surface area contributed by atoms with Gasteiger partial charge in [0.2, 0.25) is 11.7 Å². The van der Waals surface area contributed by atoms with E-state index >= 15 is 0 Å². The Morgan fingerprint density at radius 2 is 2.05 bits per heavy atom. The first kappa shape index (κ1) is 15.6. The van der Waals surface area contributed by atoms with Gasteiger partial charge in [0.15, 0.2) is 0 Å². The third-order valence-electron chi connectivity index (χ3n) is 2.59. The van der Waals surface area contributed by atoms with Crippen LogP contribution in [0.3, 0.4) is 0 Å². The smallest absolute Gasteiger partial charge is 0.322 e. The van der Waals surface area contributed by atoms with Gasteiger partial charge in [-0.05, 0) is 18.2 Å². The van der Waals surface area contributed by atoms with Crippen LogP contribution < -0.4 is 10.6 Å². The molecule has 1 heterocycles. The molecule has 1 unspecified atom stereocenters. The molecule has 1 amide bonds. The maximum absolute atomic E-state index is 11.5. The summed E-state index contributed by atoms with van der Waals surface area (Å²) in [6, 6.07) is 3.96. The van der Waals surface area contributed by atoms with Crippen LogP contribution in [0, 0.1) is 0 Å². The molecule has 0 aliphatic carbocycles. The molecule has 7 nitrogen and oxygen atoms in total. The van der Waals surface area contributed by atoms with Crippen molar-refractivity contribution in [2.24, 2.45) is 0 Å². The number of likely N-dealkylation sites (N-methyl/N-ethyl adjacent to an activating group) is 1. The number of aromatic nitrogens is 2. The lowest BCUT2D eigenvalue weighted by molar-refractivity contribution is -0.122. The summed E-state index contributed by atoms with van der Waals surface area (Å²) in [5, 5.41) is 18.8. The number of carbonyl (C=O) groups is 1. The van der Waals surface area contributed by atoms with Gasteiger partial charge in [0, 0.05) is 22.7 Å². The molecule has 21 heavy (non-hydrogen) atoms. The van der Waals surface area contributed by atoms with E-state index in [4.69, 9.17) is 32.8 Å². The summed E-state index contributed by atoms with van der Waals surface area (Å²) in [6.07, 6.45) is 0. The Bertz CT molecular complexity index is 627. The van der Waals surface area contributed by atoms with Crippen molar-refractivity contribution in [3.8, 4) is 11.4 Å². The first-order valence-corrected chi connectivity index (χ1v) is 6.68. The number of anilines is 1. The maximum atomic E-state index is 11.5. The van der Waals surface area contributed by atoms with Crippen LogP contribution in [-0.4, -0.2) is 40.9 Å². The summed E-state index contributed by atoms with van der Waals surface area (Å²) < 4.78 is 4.98. The van der Waals surface area contributed by atoms with Crippen LogP contribution in [0.25, 0.3) is 11.4 Å². The highest BCUT2D eigenvalue weighted by atomic mass is 35.5. The van der Waals surface area contributed by atoms with Crippen LogP contribution in [0.1, 0.15) is 0 Å². The molecule has 9 heteroatoms. The second-order valence-corrected chi connectivity index (χ2v) is 4.95. The standard InChI is InChI=1S/C12H12Cl2N4O3/c1-15-11(20)9(5-19)16-12-17-10(18-21-12)6-2-7(13)4-8(14)3-6/h2-4,9,19H,5H2,1H3,(H,15,20)(H,16,17,18). The van der Waals surface area contributed by atoms with Gasteiger partial charge in [0.05, 0.1) is 6.61 Å². The van der Waals surface area contributed by atoms with E-state index in [0.29, 0.717) is 15.6 Å². The lowest BCUT2D eigenvalue weighted by atomic mass is 10.2. The minimum absolute atomic E-state index is 0.00347. The number of aliphatic hydroxyl groups is 1. The van der Waals surface area contributed by atoms with Gasteiger partial charge >= 0.3 is 6.01 Å². The number of nitrogens with one attached hydrogen (secondary N) is 2. The highest BCUT2D eigenvalue weighted by Gasteiger charge is 2.19. The Morgan fingerprint density at radius 1 is 1.38 bits per heavy atom. The highest BCUT2D eigenvalue weighted by molar-refractivity contribution is 6.35. The van der Waals surface area contributed by atoms with Crippen molar-refractivity contribution in [3.63, 3.8) is 0 Å². The zero-order valence-electron chi connectivity index (χ0n) is 10.9. The molecule has 2 aromatic rings. The van der Waals surface area contributed by atoms with Crippen molar-refractivity contribution in [2.45, 2.75) is 6.04 Å². The van der Waals surface area contributed by atoms with Gasteiger partial charge < -0.3 is 20.3 Å². The van der Waals surface area contributed by atoms with E-state index in [1.54, 1.807) is 18.2 Å². The Labute approximate surface area is 130 Å². The van der Waals surface area contributed by atoms with E-state index in [9.17, 15) is 4.79 Å². The number of carbonyl (C=O) groups excluding carboxylic acids is 1. The van der Waals surface area contributed by atoms with Crippen molar-refractivity contribution in [3.05, 3.63) is 28.2 Å². The zero-order chi connectivity index (χ0) is 15.4. The fourth-order valence-corrected chi connectivity index (χ4v) is 2.13. The van der Waals surface area contributed by atoms with Crippen LogP contribution in [0.2, 0.25) is 10.0 Å². The number of benzene rings is 1. The number of aliphatic hydroxyl groups excluding tert-OH is 1. The molecule has 1 aromatic heterocycles. The van der Waals surface area contributed by atoms with Gasteiger partial charge in [-0.3, -0.25) is 4.79 Å². The summed E-state index contributed by atoms with van der Waals surface area (Å²) in [5.74, 6) is -0.140. The molecule has 0 saturated heterocycles. The zero-order valence-corrected chi connectivity index (χ0v) is 12.4. The van der Waals surface area contributed by atoms with E-state index in [0.717, 1.165) is 0 Å². The third kappa shape index (κ3) is 3.84. The Hall–Kier alpha value is -1.83. The first-order chi connectivity index (χ1) is 10.0. The number of hydrogen-bond donors (Lipinski definition) is 3. The lowest BCUT2D eigenvalue weighted by Crippen LogP contribution is -2.40. The lowest BCUT2D eigenvalue weighted by Gasteiger charge is -2.11. The van der Waals surface area contributed by atoms with Crippen molar-refractivity contribution in [2.75, 3.05) is 19.0 Å². The number of rotatable bonds is 5. The van der Waals surface area contributed by atoms with Gasteiger partial charge in [-0.25, -0.2) is 0 Å². The van der Waals surface area contributed by atoms with Crippen molar-refractivity contribution < 1.29 is 14.4 Å². The number of nitrogens with zero attached hydrogens (tertiary/aromatic N) is 2. The average Bonchev–Trinajstić information content (AvgIpc) is 2.91. The quantitative estimate of drug-likeness (QED) is 0.769. The van der Waals surface area contributed by atoms with Crippen LogP contribution in [0.15, 0.2) is 22.7 Å². The minimum atomic E-state index is -0.883. The largest absolute Gasteiger partial charge is 0.394 e. The van der Waals surface area contributed by atoms with Gasteiger partial charge in [0.25, 0.3) is 0 Å². The molecule has 0 saturated carbocycles. The molecule has 0 aliphatic rings. The Kier molecular flexibility index (Phi) is 5.00. The fraction of sp³-hybridized carbons (Fsp3) is 0.250. The molecular weight excluding hydrogens is 319 g/mol. The number of halogens is 2. The first-order valence-electron chi connectivity index (χ1n) is 5.92. The highest BCUT2D eigenvalue weighted by Crippen LogP contribution is 2.26. The average molecular weight is 331 g/mol. The fourth-order valence-electron chi connectivity index (χ4n) is 1.60. The summed E-state index contributed by atoms with van der Waals surface area (Å²) in [4.78, 5) is 15.5. The van der Waals surface area contributed by atoms with Gasteiger partial charge in [-0.15, -0.1) is 0 Å². The van der Waals surface area contributed by atoms with Crippen molar-refractivity contribution >= 4 is 35.1 Å². The van der Waals surface area contributed by atoms with E-state index in [-0.39, 0.29) is 11.8 Å². The summed E-state index contributed by atoms with van der Waals surface area (Å²) in [6.45, 7) is -0.416. The Morgan fingerprint density at radius 3 is 2.62 bits per heavy atom. The molecule has 0 aliphatic heterocycles. The topological polar surface area (TPSA) is 100 Å². The van der Waals surface area contributed by atoms with Crippen molar-refractivity contribution in [1.82, 2.24) is 15.5 Å². The summed E-state index contributed by atoms with van der Waals surface area (Å²) in [7, 11) is 1.46. The second-order valence-electron chi connectivity index (χ2n) is 4.08. The predicted molar refractivity (Wildman–Crippen MR) is 78.3 cm³/mol. The van der Waals surface area contributed by atoms with Gasteiger partial charge in [0.1, 0.15) is 6.04 Å². The summed E-state index contributed by atoms with van der Waals surface area (Å²) in [5.41, 5.74) is 0.574. The van der Waals surface area contributed by atoms with E-state index in [2.05, 4.69) is 20.8 Å². The van der Waals surface area contributed by atoms with Crippen molar-refractivity contribution in [1.29, 1.82) is 0 Å². The van der Waals surface area contributed by atoms with Gasteiger partial charge in [-0.2, -0.15) is 4.98 Å². The molecular formula is C12H12Cl2N4O3. The maximum Gasteiger partial charge on any atom is 0.322 e. The van der Waals surface area contributed by atoms with E-state index < -0.39 is 18.6 Å². The predicted octanol–water partition coefficient (Wildman–Crippen LogP) is 1.56. The number of hydrogen-bond acceptors (Lipinski definition) is 6. The molecule has 1 aromatic carbocycles. The van der Waals surface area contributed by atoms with Crippen LogP contribution in [0.4, 0.5) is 6.01 Å². The molecule has 0 bridgehead atoms. The molecule has 0 fully saturated rings. The molecule has 2 rings (SSSR count). The second kappa shape index (κ2) is 6.75. The summed E-state index contributed by atoms with van der Waals surface area (Å²) >= 11 is 11.8. The van der Waals surface area contributed by atoms with Crippen LogP contribution >= 0.6 is 23.2 Å². The van der Waals surface area contributed by atoms with Crippen LogP contribution in [-0.2, 0) is 4.79 Å². The molecule has 3 N–H and O–H groups in total. The minimum Gasteiger partial charge on any atom is -0.394 e. The Balaban J connectivity index is 2.19. The molecule has 0 spiro atoms. The SMILES string of the molecule is CNC(=O)C(CO)Nc1nc(-c2cc(Cl)cc(Cl)c2)no1. The van der Waals surface area contributed by atoms with Gasteiger partial charge in [-0.1, -0.05) is 28.4 Å². The van der Waals surface area contributed by atoms with E-state index in [1.165, 1.54) is 7.05 Å². The van der Waals surface area contributed by atoms with Crippen LogP contribution in [0.5, 0.6) is 0 Å². The monoisotopic (exact) mass is 330 g/mol. The molecule has 112 valence electrons.